The molecular weight excluding hydrogens is 1440 g/mol. The number of esters is 4. The van der Waals surface area contributed by atoms with Crippen LogP contribution in [0.3, 0.4) is 0 Å². The number of hydrogen-bond acceptors (Lipinski definition) is 28. The lowest BCUT2D eigenvalue weighted by Gasteiger charge is -2.22. The number of nitrogens with one attached hydrogen (secondary N) is 4. The van der Waals surface area contributed by atoms with Gasteiger partial charge in [0.1, 0.15) is 68.7 Å². The summed E-state index contributed by atoms with van der Waals surface area (Å²) in [7, 11) is 0. The molecule has 0 amide bonds. The van der Waals surface area contributed by atoms with Crippen LogP contribution in [0.25, 0.3) is 0 Å². The van der Waals surface area contributed by atoms with E-state index in [2.05, 4.69) is 9.47 Å². The van der Waals surface area contributed by atoms with Gasteiger partial charge in [0.25, 0.3) is 22.2 Å². The van der Waals surface area contributed by atoms with Crippen molar-refractivity contribution in [3.05, 3.63) is 128 Å². The first-order valence-corrected chi connectivity index (χ1v) is 31.0. The minimum Gasteiger partial charge on any atom is -0.458 e. The van der Waals surface area contributed by atoms with Gasteiger partial charge >= 0.3 is 46.6 Å². The number of alkyl halides is 4. The number of hydrogen-bond donors (Lipinski definition) is 12. The normalized spacial score (nSPS) is 30.1. The number of nitrogens with two attached hydrogens (primary N) is 4. The predicted octanol–water partition coefficient (Wildman–Crippen LogP) is -1.35. The zero-order valence-corrected chi connectivity index (χ0v) is 56.7. The summed E-state index contributed by atoms with van der Waals surface area (Å²) in [6.45, 7) is 4.54. The molecule has 0 bridgehead atoms. The number of halogens is 8. The Kier molecular flexibility index (Phi) is 25.5. The highest BCUT2D eigenvalue weighted by molar-refractivity contribution is 6.31. The molecule has 4 aliphatic heterocycles. The lowest BCUT2D eigenvalue weighted by molar-refractivity contribution is -0.196. The topological polar surface area (TPSA) is 547 Å². The van der Waals surface area contributed by atoms with E-state index in [1.807, 2.05) is 15.0 Å². The minimum absolute atomic E-state index is 0.201. The molecule has 36 nitrogen and oxygen atoms in total. The van der Waals surface area contributed by atoms with E-state index in [0.29, 0.717) is 19.9 Å². The van der Waals surface area contributed by atoms with Crippen molar-refractivity contribution in [1.29, 1.82) is 0 Å². The molecule has 4 fully saturated rings. The highest BCUT2D eigenvalue weighted by Crippen LogP contribution is 2.41. The number of nitrogens with zero attached hydrogens (tertiary/aromatic N) is 4. The standard InChI is InChI=1S/4C14H19ClFN3O6/c4*1-6(2)9(17)12(22)24-5-14(16)3-8(20)11(25-14)19-4-7(15)10(21)18-13(19)23/h4*4,6,8-9,11,20H,3,5,17H2,1-2H3,(H,18,21,23)/t4*8-,9+,11-,14+/m1111/s1/i5D2,11D;11D;5D2;. The van der Waals surface area contributed by atoms with Gasteiger partial charge in [-0.25, -0.2) is 36.7 Å². The van der Waals surface area contributed by atoms with E-state index in [1.165, 1.54) is 0 Å². The molecule has 16 atom stereocenters. The number of carbonyl (C=O) groups is 4. The molecule has 0 unspecified atom stereocenters. The smallest absolute Gasteiger partial charge is 0.330 e. The van der Waals surface area contributed by atoms with Crippen molar-refractivity contribution in [1.82, 2.24) is 38.2 Å². The number of aliphatic hydroxyl groups excluding tert-OH is 4. The molecule has 0 aromatic carbocycles. The Balaban J connectivity index is 0.000000254. The third-order valence-electron chi connectivity index (χ3n) is 14.5. The van der Waals surface area contributed by atoms with Crippen molar-refractivity contribution in [3.63, 3.8) is 0 Å². The third kappa shape index (κ3) is 21.5. The highest BCUT2D eigenvalue weighted by Gasteiger charge is 2.53. The summed E-state index contributed by atoms with van der Waals surface area (Å²) in [4.78, 5) is 147. The van der Waals surface area contributed by atoms with Crippen LogP contribution in [-0.4, -0.2) is 181 Å². The number of H-pyrrole nitrogens is 4. The van der Waals surface area contributed by atoms with Gasteiger partial charge in [-0.3, -0.25) is 76.6 Å². The monoisotopic (exact) mass is 1520 g/mol. The molecular formula is C56H76Cl4F4N12O24. The molecule has 4 aromatic heterocycles. The largest absolute Gasteiger partial charge is 0.458 e. The second-order valence-corrected chi connectivity index (χ2v) is 25.6. The molecule has 16 N–H and O–H groups in total. The third-order valence-corrected chi connectivity index (χ3v) is 15.5. The lowest BCUT2D eigenvalue weighted by Crippen LogP contribution is -2.40. The first-order chi connectivity index (χ1) is 48.4. The Morgan fingerprint density at radius 1 is 0.460 bits per heavy atom. The maximum Gasteiger partial charge on any atom is 0.330 e. The molecule has 0 saturated carbocycles. The molecule has 4 aromatic rings. The van der Waals surface area contributed by atoms with Crippen molar-refractivity contribution in [2.45, 2.75) is 178 Å². The first kappa shape index (κ1) is 74.2. The van der Waals surface area contributed by atoms with Crippen LogP contribution in [0.5, 0.6) is 0 Å². The van der Waals surface area contributed by atoms with E-state index in [0.717, 1.165) is 23.2 Å². The zero-order chi connectivity index (χ0) is 81.2. The summed E-state index contributed by atoms with van der Waals surface area (Å²) in [6.07, 6.45) is -16.0. The van der Waals surface area contributed by atoms with Gasteiger partial charge in [0.2, 0.25) is 23.4 Å². The molecule has 0 aliphatic carbocycles. The second-order valence-electron chi connectivity index (χ2n) is 23.9. The lowest BCUT2D eigenvalue weighted by atomic mass is 10.1. The quantitative estimate of drug-likeness (QED) is 0.0276. The van der Waals surface area contributed by atoms with E-state index < -0.39 is 245 Å². The van der Waals surface area contributed by atoms with Crippen molar-refractivity contribution in [2.75, 3.05) is 26.3 Å². The van der Waals surface area contributed by atoms with Gasteiger partial charge in [-0.05, 0) is 23.7 Å². The number of rotatable bonds is 20. The van der Waals surface area contributed by atoms with Crippen LogP contribution < -0.4 is 67.9 Å². The van der Waals surface area contributed by atoms with Gasteiger partial charge in [-0.15, -0.1) is 0 Å². The number of aliphatic hydroxyl groups is 4. The molecule has 4 saturated heterocycles. The molecule has 0 spiro atoms. The van der Waals surface area contributed by atoms with Crippen LogP contribution >= 0.6 is 46.4 Å². The molecule has 0 radical (unpaired) electrons. The fourth-order valence-electron chi connectivity index (χ4n) is 8.49. The van der Waals surface area contributed by atoms with Crippen LogP contribution in [0, 0.1) is 23.7 Å². The van der Waals surface area contributed by atoms with Crippen molar-refractivity contribution in [2.24, 2.45) is 46.6 Å². The fraction of sp³-hybridized carbons (Fsp3) is 0.643. The van der Waals surface area contributed by atoms with Crippen LogP contribution in [-0.2, 0) is 57.1 Å². The van der Waals surface area contributed by atoms with Gasteiger partial charge in [-0.2, -0.15) is 0 Å². The Hall–Kier alpha value is -7.00. The van der Waals surface area contributed by atoms with Gasteiger partial charge in [0.15, 0.2) is 51.2 Å². The SMILES string of the molecule is CC(C)[C@H](N)C(=O)OC[C@]1(F)C[C@@H](O)[C@H](n2cc(Cl)c(=O)[nH]c2=O)O1.[2H]C([2H])(OC(=O)[C@@H](N)C(C)C)[C@]1(F)C[C@@H](O)[C@H](n2cc(Cl)c(=O)[nH]c2=O)O1.[2H]C([2H])(OC(=O)[C@@H](N)C(C)C)[C@]1(F)C[C@@H](O)[C@]([2H])(n2cc(Cl)c(=O)[nH]c2=O)O1.[2H][C@@]1(n2cc(Cl)c(=O)[nH]c2=O)O[C@](F)(COC(=O)[C@@H](N)C(C)C)C[C@H]1O. The van der Waals surface area contributed by atoms with E-state index in [1.54, 1.807) is 60.4 Å². The average Bonchev–Trinajstić information content (AvgIpc) is 1.57. The number of carbonyl (C=O) groups excluding carboxylic acids is 4. The van der Waals surface area contributed by atoms with E-state index in [4.69, 9.17) is 106 Å². The van der Waals surface area contributed by atoms with Crippen LogP contribution in [0.1, 0.15) is 114 Å². The van der Waals surface area contributed by atoms with Gasteiger partial charge in [-0.1, -0.05) is 102 Å². The molecule has 8 rings (SSSR count). The van der Waals surface area contributed by atoms with Crippen molar-refractivity contribution >= 4 is 70.3 Å². The van der Waals surface area contributed by atoms with E-state index in [9.17, 15) is 86.7 Å². The summed E-state index contributed by atoms with van der Waals surface area (Å²) in [5, 5.41) is 38.5. The first-order valence-electron chi connectivity index (χ1n) is 32.5. The molecule has 8 heterocycles. The van der Waals surface area contributed by atoms with Crippen molar-refractivity contribution in [3.8, 4) is 0 Å². The maximum atomic E-state index is 15.2. The second kappa shape index (κ2) is 34.3. The Labute approximate surface area is 588 Å². The van der Waals surface area contributed by atoms with Gasteiger partial charge in [0, 0.05) is 50.5 Å². The molecule has 560 valence electrons. The minimum atomic E-state index is -3.51. The maximum absolute atomic E-state index is 15.2. The summed E-state index contributed by atoms with van der Waals surface area (Å²) in [5.74, 6) is -17.5. The van der Waals surface area contributed by atoms with Gasteiger partial charge in [0.05, 0.1) is 8.22 Å². The van der Waals surface area contributed by atoms with Crippen LogP contribution in [0.15, 0.2) is 63.1 Å². The zero-order valence-electron chi connectivity index (χ0n) is 59.7. The fourth-order valence-corrected chi connectivity index (χ4v) is 9.09. The summed E-state index contributed by atoms with van der Waals surface area (Å²) >= 11 is 22.5. The van der Waals surface area contributed by atoms with E-state index in [-0.39, 0.29) is 16.9 Å². The Morgan fingerprint density at radius 3 is 1.01 bits per heavy atom. The highest BCUT2D eigenvalue weighted by atomic mass is 35.5. The summed E-state index contributed by atoms with van der Waals surface area (Å²) in [5.41, 5.74) is 14.3. The summed E-state index contributed by atoms with van der Waals surface area (Å²) < 4.78 is 148. The number of ether oxygens (including phenoxy) is 8. The molecule has 44 heteroatoms. The molecule has 4 aliphatic rings. The Morgan fingerprint density at radius 2 is 0.690 bits per heavy atom. The van der Waals surface area contributed by atoms with Crippen LogP contribution in [0.4, 0.5) is 17.6 Å². The summed E-state index contributed by atoms with van der Waals surface area (Å²) in [6, 6.07) is -4.37. The average molecular weight is 1530 g/mol. The predicted molar refractivity (Wildman–Crippen MR) is 339 cm³/mol. The van der Waals surface area contributed by atoms with Gasteiger partial charge < -0.3 is 81.3 Å². The number of aromatic amines is 4. The van der Waals surface area contributed by atoms with Crippen LogP contribution in [0.2, 0.25) is 20.1 Å². The van der Waals surface area contributed by atoms with Crippen molar-refractivity contribution < 1.29 is 103 Å². The number of aromatic nitrogens is 8. The van der Waals surface area contributed by atoms with E-state index >= 15 is 8.78 Å². The molecule has 100 heavy (non-hydrogen) atoms. The Bertz CT molecular complexity index is 4410.